The Balaban J connectivity index is 2.05. The van der Waals surface area contributed by atoms with Crippen LogP contribution in [-0.4, -0.2) is 11.7 Å². The molecule has 3 nitrogen and oxygen atoms in total. The maximum Gasteiger partial charge on any atom is 0.228 e. The average Bonchev–Trinajstić information content (AvgIpc) is 2.90. The molecule has 0 spiro atoms. The molecule has 0 aromatic heterocycles. The minimum Gasteiger partial charge on any atom is -0.326 e. The molecule has 1 aromatic carbocycles. The van der Waals surface area contributed by atoms with Gasteiger partial charge in [-0.3, -0.25) is 9.59 Å². The molecule has 1 aliphatic carbocycles. The average molecular weight is 285 g/mol. The third-order valence-corrected chi connectivity index (χ3v) is 4.27. The summed E-state index contributed by atoms with van der Waals surface area (Å²) in [5, 5.41) is 2.95. The molecule has 1 amide bonds. The van der Waals surface area contributed by atoms with Gasteiger partial charge in [0.25, 0.3) is 0 Å². The van der Waals surface area contributed by atoms with Crippen LogP contribution in [0.3, 0.4) is 0 Å². The number of benzene rings is 1. The minimum atomic E-state index is 0.0138. The molecule has 2 atom stereocenters. The summed E-state index contributed by atoms with van der Waals surface area (Å²) in [4.78, 5) is 23.6. The Labute approximate surface area is 126 Å². The molecular weight excluding hydrogens is 262 g/mol. The van der Waals surface area contributed by atoms with Gasteiger partial charge in [-0.2, -0.15) is 0 Å². The number of allylic oxidation sites excluding steroid dienone is 2. The summed E-state index contributed by atoms with van der Waals surface area (Å²) in [6, 6.07) is 7.03. The van der Waals surface area contributed by atoms with Crippen molar-refractivity contribution in [2.24, 2.45) is 17.3 Å². The van der Waals surface area contributed by atoms with Crippen LogP contribution in [0.4, 0.5) is 5.69 Å². The lowest BCUT2D eigenvalue weighted by Gasteiger charge is -2.06. The molecule has 3 heteroatoms. The van der Waals surface area contributed by atoms with E-state index in [1.807, 2.05) is 0 Å². The first-order valence-electron chi connectivity index (χ1n) is 7.30. The van der Waals surface area contributed by atoms with Crippen LogP contribution in [0.25, 0.3) is 0 Å². The number of hydrogen-bond acceptors (Lipinski definition) is 2. The van der Waals surface area contributed by atoms with Crippen LogP contribution in [0.1, 0.15) is 45.0 Å². The number of carbonyl (C=O) groups is 2. The summed E-state index contributed by atoms with van der Waals surface area (Å²) in [5.41, 5.74) is 2.65. The number of amides is 1. The summed E-state index contributed by atoms with van der Waals surface area (Å²) < 4.78 is 0. The van der Waals surface area contributed by atoms with E-state index in [-0.39, 0.29) is 23.0 Å². The van der Waals surface area contributed by atoms with Gasteiger partial charge in [0.2, 0.25) is 5.91 Å². The molecule has 1 fully saturated rings. The van der Waals surface area contributed by atoms with Crippen LogP contribution in [0.15, 0.2) is 35.9 Å². The van der Waals surface area contributed by atoms with Crippen LogP contribution >= 0.6 is 0 Å². The lowest BCUT2D eigenvalue weighted by atomic mass is 10.1. The molecule has 1 saturated carbocycles. The third-order valence-electron chi connectivity index (χ3n) is 4.27. The predicted octanol–water partition coefficient (Wildman–Crippen LogP) is 4.07. The second kappa shape index (κ2) is 5.47. The molecular formula is C18H23NO2. The maximum atomic E-state index is 12.4. The number of ketones is 1. The smallest absolute Gasteiger partial charge is 0.228 e. The SMILES string of the molecule is CC(=O)c1ccc(NC(=O)[C@H]2[C@@H](C=C(C)C)C2(C)C)cc1. The molecule has 0 bridgehead atoms. The topological polar surface area (TPSA) is 46.2 Å². The zero-order valence-electron chi connectivity index (χ0n) is 13.4. The van der Waals surface area contributed by atoms with E-state index in [0.717, 1.165) is 5.69 Å². The highest BCUT2D eigenvalue weighted by Crippen LogP contribution is 2.59. The normalized spacial score (nSPS) is 22.3. The summed E-state index contributed by atoms with van der Waals surface area (Å²) in [6.45, 7) is 9.90. The van der Waals surface area contributed by atoms with Gasteiger partial charge in [-0.15, -0.1) is 0 Å². The standard InChI is InChI=1S/C18H23NO2/c1-11(2)10-15-16(18(15,4)5)17(21)19-14-8-6-13(7-9-14)12(3)20/h6-10,15-16H,1-5H3,(H,19,21)/t15-,16-/m1/s1. The summed E-state index contributed by atoms with van der Waals surface area (Å²) in [5.74, 6) is 0.400. The third kappa shape index (κ3) is 3.23. The summed E-state index contributed by atoms with van der Waals surface area (Å²) in [6.07, 6.45) is 2.18. The monoisotopic (exact) mass is 285 g/mol. The van der Waals surface area contributed by atoms with E-state index < -0.39 is 0 Å². The Morgan fingerprint density at radius 2 is 1.67 bits per heavy atom. The fourth-order valence-corrected chi connectivity index (χ4v) is 2.86. The molecule has 0 saturated heterocycles. The first-order valence-corrected chi connectivity index (χ1v) is 7.30. The second-order valence-electron chi connectivity index (χ2n) is 6.69. The van der Waals surface area contributed by atoms with Crippen LogP contribution in [0.2, 0.25) is 0 Å². The number of hydrogen-bond donors (Lipinski definition) is 1. The van der Waals surface area contributed by atoms with Crippen molar-refractivity contribution in [1.82, 2.24) is 0 Å². The van der Waals surface area contributed by atoms with Crippen LogP contribution in [0.5, 0.6) is 0 Å². The van der Waals surface area contributed by atoms with Crippen molar-refractivity contribution in [2.45, 2.75) is 34.6 Å². The predicted molar refractivity (Wildman–Crippen MR) is 85.3 cm³/mol. The zero-order chi connectivity index (χ0) is 15.8. The molecule has 0 heterocycles. The molecule has 0 aliphatic heterocycles. The second-order valence-corrected chi connectivity index (χ2v) is 6.69. The number of anilines is 1. The maximum absolute atomic E-state index is 12.4. The summed E-state index contributed by atoms with van der Waals surface area (Å²) in [7, 11) is 0. The number of Topliss-reactive ketones (excluding diaryl/α,β-unsaturated/α-hetero) is 1. The fraction of sp³-hybridized carbons (Fsp3) is 0.444. The van der Waals surface area contributed by atoms with Crippen molar-refractivity contribution in [3.05, 3.63) is 41.5 Å². The largest absolute Gasteiger partial charge is 0.326 e. The Hall–Kier alpha value is -1.90. The highest BCUT2D eigenvalue weighted by molar-refractivity contribution is 5.97. The molecule has 0 unspecified atom stereocenters. The van der Waals surface area contributed by atoms with Crippen molar-refractivity contribution in [3.63, 3.8) is 0 Å². The van der Waals surface area contributed by atoms with Gasteiger partial charge in [0.1, 0.15) is 0 Å². The van der Waals surface area contributed by atoms with Gasteiger partial charge < -0.3 is 5.32 Å². The zero-order valence-corrected chi connectivity index (χ0v) is 13.4. The summed E-state index contributed by atoms with van der Waals surface area (Å²) >= 11 is 0. The Morgan fingerprint density at radius 1 is 1.10 bits per heavy atom. The van der Waals surface area contributed by atoms with E-state index in [9.17, 15) is 9.59 Å². The highest BCUT2D eigenvalue weighted by Gasteiger charge is 2.60. The van der Waals surface area contributed by atoms with Crippen LogP contribution < -0.4 is 5.32 Å². The Bertz CT molecular complexity index is 592. The first kappa shape index (κ1) is 15.5. The minimum absolute atomic E-state index is 0.0138. The molecule has 112 valence electrons. The Kier molecular flexibility index (Phi) is 4.04. The quantitative estimate of drug-likeness (QED) is 0.669. The van der Waals surface area contributed by atoms with Crippen molar-refractivity contribution >= 4 is 17.4 Å². The van der Waals surface area contributed by atoms with Gasteiger partial charge in [0.05, 0.1) is 5.92 Å². The van der Waals surface area contributed by atoms with Gasteiger partial charge in [-0.1, -0.05) is 25.5 Å². The first-order chi connectivity index (χ1) is 9.73. The number of carbonyl (C=O) groups excluding carboxylic acids is 2. The fourth-order valence-electron chi connectivity index (χ4n) is 2.86. The van der Waals surface area contributed by atoms with Gasteiger partial charge >= 0.3 is 0 Å². The molecule has 2 rings (SSSR count). The molecule has 21 heavy (non-hydrogen) atoms. The molecule has 1 aromatic rings. The number of rotatable bonds is 4. The van der Waals surface area contributed by atoms with Crippen LogP contribution in [0, 0.1) is 17.3 Å². The van der Waals surface area contributed by atoms with Gasteiger partial charge in [-0.25, -0.2) is 0 Å². The highest BCUT2D eigenvalue weighted by atomic mass is 16.2. The lowest BCUT2D eigenvalue weighted by molar-refractivity contribution is -0.118. The molecule has 0 radical (unpaired) electrons. The van der Waals surface area contributed by atoms with E-state index in [2.05, 4.69) is 39.1 Å². The van der Waals surface area contributed by atoms with Gasteiger partial charge in [-0.05, 0) is 56.4 Å². The van der Waals surface area contributed by atoms with E-state index in [1.54, 1.807) is 24.3 Å². The lowest BCUT2D eigenvalue weighted by Crippen LogP contribution is -2.16. The van der Waals surface area contributed by atoms with Crippen molar-refractivity contribution in [2.75, 3.05) is 5.32 Å². The van der Waals surface area contributed by atoms with Crippen molar-refractivity contribution < 1.29 is 9.59 Å². The van der Waals surface area contributed by atoms with Crippen molar-refractivity contribution in [3.8, 4) is 0 Å². The van der Waals surface area contributed by atoms with E-state index in [4.69, 9.17) is 0 Å². The van der Waals surface area contributed by atoms with E-state index in [1.165, 1.54) is 12.5 Å². The van der Waals surface area contributed by atoms with E-state index >= 15 is 0 Å². The number of nitrogens with one attached hydrogen (secondary N) is 1. The van der Waals surface area contributed by atoms with Gasteiger partial charge in [0, 0.05) is 11.3 Å². The molecule has 1 aliphatic rings. The Morgan fingerprint density at radius 3 is 2.14 bits per heavy atom. The molecule has 1 N–H and O–H groups in total. The van der Waals surface area contributed by atoms with Crippen molar-refractivity contribution in [1.29, 1.82) is 0 Å². The van der Waals surface area contributed by atoms with E-state index in [0.29, 0.717) is 11.5 Å². The van der Waals surface area contributed by atoms with Gasteiger partial charge in [0.15, 0.2) is 5.78 Å². The van der Waals surface area contributed by atoms with Crippen LogP contribution in [-0.2, 0) is 4.79 Å².